The molecule has 1 aromatic rings. The number of hydrogen-bond acceptors (Lipinski definition) is 2. The smallest absolute Gasteiger partial charge is 0.150 e. The summed E-state index contributed by atoms with van der Waals surface area (Å²) in [5, 5.41) is 8.53. The van der Waals surface area contributed by atoms with E-state index >= 15 is 0 Å². The van der Waals surface area contributed by atoms with Crippen LogP contribution in [0.2, 0.25) is 5.15 Å². The van der Waals surface area contributed by atoms with Gasteiger partial charge in [-0.2, -0.15) is 0 Å². The molecule has 0 aliphatic carbocycles. The maximum atomic E-state index is 5.94. The van der Waals surface area contributed by atoms with Gasteiger partial charge in [0.15, 0.2) is 0 Å². The molecule has 0 radical (unpaired) electrons. The summed E-state index contributed by atoms with van der Waals surface area (Å²) in [6, 6.07) is 0. The zero-order valence-electron chi connectivity index (χ0n) is 6.84. The summed E-state index contributed by atoms with van der Waals surface area (Å²) < 4.78 is 1.74. The first-order valence-corrected chi connectivity index (χ1v) is 4.25. The quantitative estimate of drug-likeness (QED) is 0.699. The highest BCUT2D eigenvalue weighted by atomic mass is 35.5. The third-order valence-electron chi connectivity index (χ3n) is 1.51. The monoisotopic (exact) mass is 173 g/mol. The van der Waals surface area contributed by atoms with Crippen LogP contribution < -0.4 is 0 Å². The fourth-order valence-corrected chi connectivity index (χ4v) is 1.20. The molecule has 4 heteroatoms. The van der Waals surface area contributed by atoms with E-state index in [0.29, 0.717) is 5.15 Å². The van der Waals surface area contributed by atoms with Crippen LogP contribution in [-0.2, 0) is 13.0 Å². The molecule has 0 amide bonds. The van der Waals surface area contributed by atoms with Crippen molar-refractivity contribution in [3.05, 3.63) is 10.8 Å². The summed E-state index contributed by atoms with van der Waals surface area (Å²) in [7, 11) is 0. The number of rotatable bonds is 3. The van der Waals surface area contributed by atoms with Crippen molar-refractivity contribution in [1.29, 1.82) is 0 Å². The Morgan fingerprint density at radius 2 is 2.18 bits per heavy atom. The lowest BCUT2D eigenvalue weighted by Gasteiger charge is -1.96. The Morgan fingerprint density at radius 3 is 2.64 bits per heavy atom. The zero-order valence-corrected chi connectivity index (χ0v) is 7.60. The van der Waals surface area contributed by atoms with Gasteiger partial charge in [-0.15, -0.1) is 5.10 Å². The second-order valence-corrected chi connectivity index (χ2v) is 2.76. The minimum Gasteiger partial charge on any atom is -0.234 e. The molecule has 0 fully saturated rings. The van der Waals surface area contributed by atoms with Crippen molar-refractivity contribution in [2.24, 2.45) is 0 Å². The molecule has 0 saturated heterocycles. The van der Waals surface area contributed by atoms with E-state index in [-0.39, 0.29) is 0 Å². The molecule has 0 saturated carbocycles. The van der Waals surface area contributed by atoms with E-state index in [1.165, 1.54) is 0 Å². The molecule has 0 bridgehead atoms. The highest BCUT2D eigenvalue weighted by molar-refractivity contribution is 6.30. The Morgan fingerprint density at radius 1 is 1.45 bits per heavy atom. The van der Waals surface area contributed by atoms with Crippen molar-refractivity contribution in [3.63, 3.8) is 0 Å². The Balaban J connectivity index is 2.82. The lowest BCUT2D eigenvalue weighted by Crippen LogP contribution is -1.98. The van der Waals surface area contributed by atoms with Crippen LogP contribution in [0, 0.1) is 0 Å². The SMILES string of the molecule is CCCn1nnc(CC)c1Cl. The zero-order chi connectivity index (χ0) is 8.27. The molecular formula is C7H12ClN3. The molecule has 1 rings (SSSR count). The Labute approximate surface area is 71.4 Å². The minimum absolute atomic E-state index is 0.689. The molecule has 11 heavy (non-hydrogen) atoms. The molecule has 0 aromatic carbocycles. The van der Waals surface area contributed by atoms with Crippen molar-refractivity contribution in [1.82, 2.24) is 15.0 Å². The first kappa shape index (κ1) is 8.53. The van der Waals surface area contributed by atoms with Gasteiger partial charge in [0.1, 0.15) is 10.8 Å². The van der Waals surface area contributed by atoms with Gasteiger partial charge < -0.3 is 0 Å². The molecule has 0 unspecified atom stereocenters. The van der Waals surface area contributed by atoms with Crippen LogP contribution in [0.15, 0.2) is 0 Å². The molecule has 1 heterocycles. The minimum atomic E-state index is 0.689. The van der Waals surface area contributed by atoms with Crippen molar-refractivity contribution < 1.29 is 0 Å². The molecule has 3 nitrogen and oxygen atoms in total. The van der Waals surface area contributed by atoms with Crippen LogP contribution in [0.1, 0.15) is 26.0 Å². The predicted octanol–water partition coefficient (Wildman–Crippen LogP) is 1.90. The van der Waals surface area contributed by atoms with E-state index < -0.39 is 0 Å². The van der Waals surface area contributed by atoms with Gasteiger partial charge in [-0.05, 0) is 12.8 Å². The van der Waals surface area contributed by atoms with Gasteiger partial charge >= 0.3 is 0 Å². The lowest BCUT2D eigenvalue weighted by molar-refractivity contribution is 0.579. The van der Waals surface area contributed by atoms with Gasteiger partial charge in [0.25, 0.3) is 0 Å². The van der Waals surface area contributed by atoms with Gasteiger partial charge in [0.05, 0.1) is 0 Å². The number of aromatic nitrogens is 3. The molecule has 0 atom stereocenters. The summed E-state index contributed by atoms with van der Waals surface area (Å²) in [4.78, 5) is 0. The van der Waals surface area contributed by atoms with Crippen LogP contribution in [0.25, 0.3) is 0 Å². The van der Waals surface area contributed by atoms with Gasteiger partial charge in [-0.3, -0.25) is 0 Å². The maximum absolute atomic E-state index is 5.94. The van der Waals surface area contributed by atoms with Gasteiger partial charge in [0, 0.05) is 6.54 Å². The first-order valence-electron chi connectivity index (χ1n) is 3.87. The summed E-state index contributed by atoms with van der Waals surface area (Å²) in [6.45, 7) is 4.96. The summed E-state index contributed by atoms with van der Waals surface area (Å²) in [5.74, 6) is 0. The normalized spacial score (nSPS) is 10.5. The van der Waals surface area contributed by atoms with E-state index in [4.69, 9.17) is 11.6 Å². The largest absolute Gasteiger partial charge is 0.234 e. The fraction of sp³-hybridized carbons (Fsp3) is 0.714. The molecule has 0 spiro atoms. The highest BCUT2D eigenvalue weighted by Gasteiger charge is 2.06. The molecule has 0 aliphatic rings. The second kappa shape index (κ2) is 3.72. The topological polar surface area (TPSA) is 30.7 Å². The molecule has 0 aliphatic heterocycles. The standard InChI is InChI=1S/C7H12ClN3/c1-3-5-11-7(8)6(4-2)9-10-11/h3-5H2,1-2H3. The average Bonchev–Trinajstić information content (AvgIpc) is 2.34. The van der Waals surface area contributed by atoms with Crippen LogP contribution in [0.4, 0.5) is 0 Å². The first-order chi connectivity index (χ1) is 5.29. The average molecular weight is 174 g/mol. The van der Waals surface area contributed by atoms with Crippen molar-refractivity contribution in [2.45, 2.75) is 33.2 Å². The van der Waals surface area contributed by atoms with Crippen LogP contribution in [-0.4, -0.2) is 15.0 Å². The van der Waals surface area contributed by atoms with Crippen molar-refractivity contribution in [3.8, 4) is 0 Å². The van der Waals surface area contributed by atoms with Crippen LogP contribution in [0.3, 0.4) is 0 Å². The molecule has 1 aromatic heterocycles. The van der Waals surface area contributed by atoms with Gasteiger partial charge in [-0.25, -0.2) is 4.68 Å². The summed E-state index contributed by atoms with van der Waals surface area (Å²) in [5.41, 5.74) is 0.889. The molecule has 62 valence electrons. The van der Waals surface area contributed by atoms with E-state index in [0.717, 1.165) is 25.1 Å². The van der Waals surface area contributed by atoms with E-state index in [1.54, 1.807) is 4.68 Å². The number of nitrogens with zero attached hydrogens (tertiary/aromatic N) is 3. The van der Waals surface area contributed by atoms with Gasteiger partial charge in [0.2, 0.25) is 0 Å². The van der Waals surface area contributed by atoms with Crippen LogP contribution >= 0.6 is 11.6 Å². The van der Waals surface area contributed by atoms with Crippen molar-refractivity contribution >= 4 is 11.6 Å². The Kier molecular flexibility index (Phi) is 2.88. The number of aryl methyl sites for hydroxylation is 2. The molecule has 0 N–H and O–H groups in total. The Bertz CT molecular complexity index is 232. The second-order valence-electron chi connectivity index (χ2n) is 2.40. The number of hydrogen-bond donors (Lipinski definition) is 0. The highest BCUT2D eigenvalue weighted by Crippen LogP contribution is 2.12. The maximum Gasteiger partial charge on any atom is 0.150 e. The van der Waals surface area contributed by atoms with E-state index in [1.807, 2.05) is 6.92 Å². The summed E-state index contributed by atoms with van der Waals surface area (Å²) in [6.07, 6.45) is 1.88. The molecular weight excluding hydrogens is 162 g/mol. The third kappa shape index (κ3) is 1.71. The van der Waals surface area contributed by atoms with E-state index in [2.05, 4.69) is 17.2 Å². The van der Waals surface area contributed by atoms with Gasteiger partial charge in [-0.1, -0.05) is 30.7 Å². The third-order valence-corrected chi connectivity index (χ3v) is 1.92. The summed E-state index contributed by atoms with van der Waals surface area (Å²) >= 11 is 5.94. The lowest BCUT2D eigenvalue weighted by atomic mass is 10.4. The van der Waals surface area contributed by atoms with Crippen LogP contribution in [0.5, 0.6) is 0 Å². The van der Waals surface area contributed by atoms with Crippen molar-refractivity contribution in [2.75, 3.05) is 0 Å². The number of halogens is 1. The Hall–Kier alpha value is -0.570. The van der Waals surface area contributed by atoms with E-state index in [9.17, 15) is 0 Å². The fourth-order valence-electron chi connectivity index (χ4n) is 0.909. The predicted molar refractivity (Wildman–Crippen MR) is 44.7 cm³/mol.